The Labute approximate surface area is 225 Å². The summed E-state index contributed by atoms with van der Waals surface area (Å²) in [5.41, 5.74) is 3.52. The summed E-state index contributed by atoms with van der Waals surface area (Å²) in [5.74, 6) is -1.25. The highest BCUT2D eigenvalue weighted by Crippen LogP contribution is 2.32. The molecule has 0 unspecified atom stereocenters. The second kappa shape index (κ2) is 10.8. The summed E-state index contributed by atoms with van der Waals surface area (Å²) >= 11 is 0. The van der Waals surface area contributed by atoms with Gasteiger partial charge in [0.1, 0.15) is 22.8 Å². The Morgan fingerprint density at radius 1 is 1.18 bits per heavy atom. The monoisotopic (exact) mass is 537 g/mol. The minimum absolute atomic E-state index is 0.0208. The zero-order valence-electron chi connectivity index (χ0n) is 22.9. The molecule has 0 spiro atoms. The predicted octanol–water partition coefficient (Wildman–Crippen LogP) is 4.87. The molecule has 39 heavy (non-hydrogen) atoms. The van der Waals surface area contributed by atoms with E-state index in [1.165, 1.54) is 21.7 Å². The van der Waals surface area contributed by atoms with E-state index in [0.717, 1.165) is 17.0 Å². The number of hydrogen-bond donors (Lipinski definition) is 1. The molecule has 0 radical (unpaired) electrons. The standard InChI is InChI=1S/C28H32FN5O5/c1-17-21(25(26(35)36)31-33(17)6)11-12-38-23-13-19(29)8-9-22(23)18-7-10-24-30-14-20(34(24)15-18)16-32(5)27(37)39-28(2,3)4/h7-10,13-15H,11-12,16H2,1-6H3,(H,35,36). The number of amides is 1. The number of aromatic nitrogens is 4. The fourth-order valence-electron chi connectivity index (χ4n) is 4.20. The van der Waals surface area contributed by atoms with Gasteiger partial charge in [-0.05, 0) is 52.0 Å². The Morgan fingerprint density at radius 3 is 2.62 bits per heavy atom. The van der Waals surface area contributed by atoms with Crippen LogP contribution < -0.4 is 4.74 Å². The molecular weight excluding hydrogens is 505 g/mol. The zero-order valence-corrected chi connectivity index (χ0v) is 22.9. The van der Waals surface area contributed by atoms with E-state index >= 15 is 0 Å². The fourth-order valence-corrected chi connectivity index (χ4v) is 4.20. The number of carbonyl (C=O) groups is 2. The maximum Gasteiger partial charge on any atom is 0.410 e. The fraction of sp³-hybridized carbons (Fsp3) is 0.357. The van der Waals surface area contributed by atoms with Crippen molar-refractivity contribution in [1.29, 1.82) is 0 Å². The van der Waals surface area contributed by atoms with E-state index in [9.17, 15) is 19.1 Å². The lowest BCUT2D eigenvalue weighted by molar-refractivity contribution is 0.0282. The number of imidazole rings is 1. The molecule has 0 fully saturated rings. The molecule has 1 amide bonds. The summed E-state index contributed by atoms with van der Waals surface area (Å²) in [4.78, 5) is 29.9. The van der Waals surface area contributed by atoms with Gasteiger partial charge in [0, 0.05) is 55.2 Å². The highest BCUT2D eigenvalue weighted by molar-refractivity contribution is 5.87. The lowest BCUT2D eigenvalue weighted by Crippen LogP contribution is -2.34. The van der Waals surface area contributed by atoms with Crippen LogP contribution in [0.4, 0.5) is 9.18 Å². The van der Waals surface area contributed by atoms with E-state index in [2.05, 4.69) is 10.1 Å². The van der Waals surface area contributed by atoms with Crippen molar-refractivity contribution < 1.29 is 28.6 Å². The largest absolute Gasteiger partial charge is 0.492 e. The molecule has 1 N–H and O–H groups in total. The van der Waals surface area contributed by atoms with Gasteiger partial charge in [0.05, 0.1) is 25.0 Å². The molecule has 0 bridgehead atoms. The second-order valence-electron chi connectivity index (χ2n) is 10.3. The van der Waals surface area contributed by atoms with Crippen LogP contribution in [-0.4, -0.2) is 60.5 Å². The van der Waals surface area contributed by atoms with Crippen molar-refractivity contribution in [3.63, 3.8) is 0 Å². The average Bonchev–Trinajstić information content (AvgIpc) is 3.38. The summed E-state index contributed by atoms with van der Waals surface area (Å²) in [6.07, 6.45) is 3.39. The molecular formula is C28H32FN5O5. The molecule has 0 saturated heterocycles. The van der Waals surface area contributed by atoms with Gasteiger partial charge in [0.2, 0.25) is 0 Å². The first-order valence-corrected chi connectivity index (χ1v) is 12.4. The molecule has 0 aliphatic heterocycles. The summed E-state index contributed by atoms with van der Waals surface area (Å²) < 4.78 is 29.0. The number of carbonyl (C=O) groups excluding carboxylic acids is 1. The number of fused-ring (bicyclic) bond motifs is 1. The number of aromatic carboxylic acids is 1. The number of carboxylic acid groups (broad SMARTS) is 1. The van der Waals surface area contributed by atoms with Gasteiger partial charge in [-0.3, -0.25) is 4.68 Å². The van der Waals surface area contributed by atoms with Crippen molar-refractivity contribution in [1.82, 2.24) is 24.1 Å². The first-order chi connectivity index (χ1) is 18.3. The summed E-state index contributed by atoms with van der Waals surface area (Å²) in [6.45, 7) is 7.62. The number of benzene rings is 1. The van der Waals surface area contributed by atoms with E-state index in [1.54, 1.807) is 33.3 Å². The molecule has 0 saturated carbocycles. The van der Waals surface area contributed by atoms with Gasteiger partial charge < -0.3 is 23.9 Å². The number of carboxylic acids is 1. The maximum absolute atomic E-state index is 14.2. The molecule has 4 rings (SSSR count). The van der Waals surface area contributed by atoms with E-state index < -0.39 is 23.5 Å². The number of nitrogens with zero attached hydrogens (tertiary/aromatic N) is 5. The van der Waals surface area contributed by atoms with Crippen LogP contribution >= 0.6 is 0 Å². The third-order valence-corrected chi connectivity index (χ3v) is 6.21. The van der Waals surface area contributed by atoms with Crippen molar-refractivity contribution in [2.24, 2.45) is 7.05 Å². The van der Waals surface area contributed by atoms with Gasteiger partial charge in [0.15, 0.2) is 5.69 Å². The number of ether oxygens (including phenoxy) is 2. The molecule has 0 aliphatic carbocycles. The molecule has 0 aliphatic rings. The summed E-state index contributed by atoms with van der Waals surface area (Å²) in [6, 6.07) is 7.98. The lowest BCUT2D eigenvalue weighted by Gasteiger charge is -2.24. The molecule has 11 heteroatoms. The molecule has 3 heterocycles. The minimum atomic E-state index is -1.11. The van der Waals surface area contributed by atoms with Crippen LogP contribution in [0.3, 0.4) is 0 Å². The molecule has 3 aromatic heterocycles. The molecule has 1 aromatic carbocycles. The first kappa shape index (κ1) is 27.6. The Kier molecular flexibility index (Phi) is 7.62. The number of pyridine rings is 1. The third kappa shape index (κ3) is 6.19. The third-order valence-electron chi connectivity index (χ3n) is 6.21. The zero-order chi connectivity index (χ0) is 28.5. The van der Waals surface area contributed by atoms with Crippen molar-refractivity contribution in [2.75, 3.05) is 13.7 Å². The Balaban J connectivity index is 1.58. The topological polar surface area (TPSA) is 111 Å². The number of halogens is 1. The van der Waals surface area contributed by atoms with Crippen LogP contribution in [0.5, 0.6) is 5.75 Å². The van der Waals surface area contributed by atoms with Crippen LogP contribution in [-0.2, 0) is 24.8 Å². The Hall–Kier alpha value is -4.41. The van der Waals surface area contributed by atoms with Crippen LogP contribution in [0.25, 0.3) is 16.8 Å². The van der Waals surface area contributed by atoms with E-state index in [4.69, 9.17) is 9.47 Å². The summed E-state index contributed by atoms with van der Waals surface area (Å²) in [5, 5.41) is 13.5. The van der Waals surface area contributed by atoms with Gasteiger partial charge in [-0.25, -0.2) is 19.0 Å². The second-order valence-corrected chi connectivity index (χ2v) is 10.3. The Morgan fingerprint density at radius 2 is 1.92 bits per heavy atom. The van der Waals surface area contributed by atoms with Crippen LogP contribution in [0.15, 0.2) is 42.7 Å². The van der Waals surface area contributed by atoms with Crippen molar-refractivity contribution in [3.8, 4) is 16.9 Å². The average molecular weight is 538 g/mol. The van der Waals surface area contributed by atoms with E-state index in [1.807, 2.05) is 43.5 Å². The van der Waals surface area contributed by atoms with Crippen LogP contribution in [0.2, 0.25) is 0 Å². The van der Waals surface area contributed by atoms with Crippen molar-refractivity contribution in [3.05, 3.63) is 71.2 Å². The van der Waals surface area contributed by atoms with Gasteiger partial charge in [-0.1, -0.05) is 0 Å². The van der Waals surface area contributed by atoms with Gasteiger partial charge in [0.25, 0.3) is 0 Å². The van der Waals surface area contributed by atoms with Gasteiger partial charge >= 0.3 is 12.1 Å². The highest BCUT2D eigenvalue weighted by Gasteiger charge is 2.21. The number of hydrogen-bond acceptors (Lipinski definition) is 6. The molecule has 0 atom stereocenters. The summed E-state index contributed by atoms with van der Waals surface area (Å²) in [7, 11) is 3.34. The normalized spacial score (nSPS) is 11.6. The van der Waals surface area contributed by atoms with Crippen LogP contribution in [0.1, 0.15) is 48.2 Å². The number of rotatable bonds is 8. The van der Waals surface area contributed by atoms with Crippen LogP contribution in [0, 0.1) is 12.7 Å². The molecule has 10 nitrogen and oxygen atoms in total. The van der Waals surface area contributed by atoms with E-state index in [0.29, 0.717) is 28.9 Å². The molecule has 4 aromatic rings. The van der Waals surface area contributed by atoms with Crippen molar-refractivity contribution in [2.45, 2.75) is 46.3 Å². The Bertz CT molecular complexity index is 1540. The van der Waals surface area contributed by atoms with Gasteiger partial charge in [-0.15, -0.1) is 0 Å². The lowest BCUT2D eigenvalue weighted by atomic mass is 10.1. The SMILES string of the molecule is Cc1c(CCOc2cc(F)ccc2-c2ccc3ncc(CN(C)C(=O)OC(C)(C)C)n3c2)c(C(=O)O)nn1C. The van der Waals surface area contributed by atoms with E-state index in [-0.39, 0.29) is 18.8 Å². The maximum atomic E-state index is 14.2. The molecule has 206 valence electrons. The first-order valence-electron chi connectivity index (χ1n) is 12.4. The number of aryl methyl sites for hydroxylation is 1. The quantitative estimate of drug-likeness (QED) is 0.341. The predicted molar refractivity (Wildman–Crippen MR) is 142 cm³/mol. The van der Waals surface area contributed by atoms with Crippen molar-refractivity contribution >= 4 is 17.7 Å². The highest BCUT2D eigenvalue weighted by atomic mass is 19.1. The van der Waals surface area contributed by atoms with Gasteiger partial charge in [-0.2, -0.15) is 5.10 Å². The smallest absolute Gasteiger partial charge is 0.410 e. The minimum Gasteiger partial charge on any atom is -0.492 e.